The van der Waals surface area contributed by atoms with Crippen molar-refractivity contribution in [2.24, 2.45) is 0 Å². The van der Waals surface area contributed by atoms with Gasteiger partial charge in [0, 0.05) is 61.0 Å². The van der Waals surface area contributed by atoms with Gasteiger partial charge < -0.3 is 35.8 Å². The minimum atomic E-state index is -0.679. The number of nitrogens with two attached hydrogens (primary N) is 1. The quantitative estimate of drug-likeness (QED) is 0.389. The van der Waals surface area contributed by atoms with Crippen LogP contribution in [0.3, 0.4) is 0 Å². The number of anilines is 5. The number of rotatable bonds is 6. The highest BCUT2D eigenvalue weighted by atomic mass is 19.1. The van der Waals surface area contributed by atoms with E-state index >= 15 is 0 Å². The van der Waals surface area contributed by atoms with Crippen LogP contribution in [0.25, 0.3) is 0 Å². The van der Waals surface area contributed by atoms with Gasteiger partial charge in [0.05, 0.1) is 24.5 Å². The number of halogens is 2. The molecule has 9 nitrogen and oxygen atoms in total. The lowest BCUT2D eigenvalue weighted by Crippen LogP contribution is -2.36. The zero-order valence-corrected chi connectivity index (χ0v) is 23.0. The molecular weight excluding hydrogens is 530 g/mol. The Bertz CT molecular complexity index is 1430. The first-order valence-electron chi connectivity index (χ1n) is 13.7. The predicted molar refractivity (Wildman–Crippen MR) is 157 cm³/mol. The fourth-order valence-corrected chi connectivity index (χ4v) is 5.04. The van der Waals surface area contributed by atoms with E-state index in [0.29, 0.717) is 32.0 Å². The average Bonchev–Trinajstić information content (AvgIpc) is 3.19. The summed E-state index contributed by atoms with van der Waals surface area (Å²) in [6.45, 7) is 5.80. The van der Waals surface area contributed by atoms with Crippen molar-refractivity contribution < 1.29 is 23.1 Å². The second kappa shape index (κ2) is 12.5. The molecule has 2 fully saturated rings. The molecule has 0 atom stereocenters. The number of benzene rings is 3. The van der Waals surface area contributed by atoms with E-state index < -0.39 is 23.4 Å². The molecule has 3 aromatic carbocycles. The standard InChI is InChI=1S/C30H34F2N6O3/c1-36-7-2-8-37(10-9-36)23-4-6-27(33)25(19-23)30(40)35-28-18-22(3-5-26(28)32)34-29(39)20-15-21(31)17-24(16-20)38-11-13-41-14-12-38/h3-6,15-19H,2,7-14,33H2,1H3,(H,34,39)(H,35,40). The van der Waals surface area contributed by atoms with Crippen molar-refractivity contribution in [2.45, 2.75) is 6.42 Å². The molecule has 2 amide bonds. The summed E-state index contributed by atoms with van der Waals surface area (Å²) in [5.41, 5.74) is 8.30. The fourth-order valence-electron chi connectivity index (χ4n) is 5.04. The average molecular weight is 565 g/mol. The van der Waals surface area contributed by atoms with Gasteiger partial charge in [-0.25, -0.2) is 8.78 Å². The van der Waals surface area contributed by atoms with Crippen molar-refractivity contribution in [1.29, 1.82) is 0 Å². The largest absolute Gasteiger partial charge is 0.398 e. The first kappa shape index (κ1) is 28.3. The molecule has 0 unspecified atom stereocenters. The van der Waals surface area contributed by atoms with Crippen molar-refractivity contribution in [3.63, 3.8) is 0 Å². The second-order valence-corrected chi connectivity index (χ2v) is 10.3. The van der Waals surface area contributed by atoms with Crippen molar-refractivity contribution >= 4 is 40.3 Å². The number of nitrogens with zero attached hydrogens (tertiary/aromatic N) is 3. The van der Waals surface area contributed by atoms with Crippen LogP contribution in [0.4, 0.5) is 37.2 Å². The molecule has 0 spiro atoms. The fraction of sp³-hybridized carbons (Fsp3) is 0.333. The molecule has 2 aliphatic rings. The van der Waals surface area contributed by atoms with Gasteiger partial charge in [-0.15, -0.1) is 0 Å². The molecule has 0 aromatic heterocycles. The van der Waals surface area contributed by atoms with Crippen molar-refractivity contribution in [3.05, 3.63) is 77.4 Å². The van der Waals surface area contributed by atoms with Gasteiger partial charge in [0.2, 0.25) is 0 Å². The smallest absolute Gasteiger partial charge is 0.257 e. The maximum atomic E-state index is 14.7. The predicted octanol–water partition coefficient (Wildman–Crippen LogP) is 4.03. The number of nitrogen functional groups attached to an aromatic ring is 1. The molecule has 0 aliphatic carbocycles. The molecule has 216 valence electrons. The molecule has 0 radical (unpaired) electrons. The van der Waals surface area contributed by atoms with E-state index in [1.165, 1.54) is 18.2 Å². The second-order valence-electron chi connectivity index (χ2n) is 10.3. The zero-order chi connectivity index (χ0) is 28.9. The van der Waals surface area contributed by atoms with Crippen LogP contribution in [0.5, 0.6) is 0 Å². The number of hydrogen-bond acceptors (Lipinski definition) is 7. The number of hydrogen-bond donors (Lipinski definition) is 3. The molecule has 4 N–H and O–H groups in total. The van der Waals surface area contributed by atoms with Crippen LogP contribution in [-0.4, -0.2) is 76.2 Å². The van der Waals surface area contributed by atoms with E-state index in [-0.39, 0.29) is 28.2 Å². The summed E-state index contributed by atoms with van der Waals surface area (Å²) in [4.78, 5) is 32.6. The summed E-state index contributed by atoms with van der Waals surface area (Å²) >= 11 is 0. The molecular formula is C30H34F2N6O3. The summed E-state index contributed by atoms with van der Waals surface area (Å²) in [7, 11) is 2.08. The number of nitrogens with one attached hydrogen (secondary N) is 2. The molecule has 2 aliphatic heterocycles. The molecule has 0 saturated carbocycles. The van der Waals surface area contributed by atoms with Gasteiger partial charge >= 0.3 is 0 Å². The van der Waals surface area contributed by atoms with Gasteiger partial charge in [-0.3, -0.25) is 9.59 Å². The number of amides is 2. The molecule has 11 heteroatoms. The third-order valence-electron chi connectivity index (χ3n) is 7.36. The van der Waals surface area contributed by atoms with E-state index in [9.17, 15) is 18.4 Å². The van der Waals surface area contributed by atoms with Crippen molar-refractivity contribution in [2.75, 3.05) is 85.7 Å². The Kier molecular flexibility index (Phi) is 8.65. The molecule has 5 rings (SSSR count). The summed E-state index contributed by atoms with van der Waals surface area (Å²) in [5.74, 6) is -2.36. The Morgan fingerprint density at radius 3 is 2.39 bits per heavy atom. The first-order valence-corrected chi connectivity index (χ1v) is 13.7. The lowest BCUT2D eigenvalue weighted by Gasteiger charge is -2.29. The summed E-state index contributed by atoms with van der Waals surface area (Å²) in [6, 6.07) is 13.2. The molecule has 2 saturated heterocycles. The Morgan fingerprint density at radius 1 is 0.805 bits per heavy atom. The highest BCUT2D eigenvalue weighted by Gasteiger charge is 2.19. The maximum absolute atomic E-state index is 14.7. The van der Waals surface area contributed by atoms with Crippen LogP contribution in [0.1, 0.15) is 27.1 Å². The minimum Gasteiger partial charge on any atom is -0.398 e. The number of likely N-dealkylation sites (N-methyl/N-ethyl adjacent to an activating group) is 1. The van der Waals surface area contributed by atoms with Crippen LogP contribution in [0.2, 0.25) is 0 Å². The number of morpholine rings is 1. The Morgan fingerprint density at radius 2 is 1.59 bits per heavy atom. The number of carbonyl (C=O) groups is 2. The Hall–Kier alpha value is -4.22. The lowest BCUT2D eigenvalue weighted by molar-refractivity contribution is 0.101. The van der Waals surface area contributed by atoms with Crippen LogP contribution in [0, 0.1) is 11.6 Å². The van der Waals surface area contributed by atoms with Gasteiger partial charge in [-0.05, 0) is 74.6 Å². The van der Waals surface area contributed by atoms with E-state index in [4.69, 9.17) is 10.5 Å². The van der Waals surface area contributed by atoms with Crippen LogP contribution in [0.15, 0.2) is 54.6 Å². The third-order valence-corrected chi connectivity index (χ3v) is 7.36. The SMILES string of the molecule is CN1CCCN(c2ccc(N)c(C(=O)Nc3cc(NC(=O)c4cc(F)cc(N5CCOCC5)c4)ccc3F)c2)CC1. The Balaban J connectivity index is 1.30. The third kappa shape index (κ3) is 6.93. The van der Waals surface area contributed by atoms with Crippen molar-refractivity contribution in [1.82, 2.24) is 4.90 Å². The summed E-state index contributed by atoms with van der Waals surface area (Å²) in [5, 5.41) is 5.25. The van der Waals surface area contributed by atoms with Crippen LogP contribution in [-0.2, 0) is 4.74 Å². The zero-order valence-electron chi connectivity index (χ0n) is 23.0. The van der Waals surface area contributed by atoms with Gasteiger partial charge in [0.1, 0.15) is 11.6 Å². The van der Waals surface area contributed by atoms with E-state index in [0.717, 1.165) is 50.4 Å². The van der Waals surface area contributed by atoms with Crippen LogP contribution < -0.4 is 26.2 Å². The normalized spacial score (nSPS) is 16.3. The van der Waals surface area contributed by atoms with E-state index in [1.54, 1.807) is 18.2 Å². The molecule has 41 heavy (non-hydrogen) atoms. The monoisotopic (exact) mass is 564 g/mol. The molecule has 0 bridgehead atoms. The minimum absolute atomic E-state index is 0.116. The van der Waals surface area contributed by atoms with E-state index in [2.05, 4.69) is 27.5 Å². The van der Waals surface area contributed by atoms with Gasteiger partial charge in [-0.2, -0.15) is 0 Å². The van der Waals surface area contributed by atoms with Crippen LogP contribution >= 0.6 is 0 Å². The lowest BCUT2D eigenvalue weighted by atomic mass is 10.1. The Labute approximate surface area is 237 Å². The van der Waals surface area contributed by atoms with Crippen molar-refractivity contribution in [3.8, 4) is 0 Å². The van der Waals surface area contributed by atoms with Gasteiger partial charge in [-0.1, -0.05) is 0 Å². The molecule has 3 aromatic rings. The summed E-state index contributed by atoms with van der Waals surface area (Å²) < 4.78 is 34.5. The number of ether oxygens (including phenoxy) is 1. The topological polar surface area (TPSA) is 103 Å². The van der Waals surface area contributed by atoms with Gasteiger partial charge in [0.15, 0.2) is 0 Å². The first-order chi connectivity index (χ1) is 19.8. The number of carbonyl (C=O) groups excluding carboxylic acids is 2. The molecule has 2 heterocycles. The highest BCUT2D eigenvalue weighted by molar-refractivity contribution is 6.09. The van der Waals surface area contributed by atoms with E-state index in [1.807, 2.05) is 11.0 Å². The maximum Gasteiger partial charge on any atom is 0.257 e. The highest BCUT2D eigenvalue weighted by Crippen LogP contribution is 2.26. The summed E-state index contributed by atoms with van der Waals surface area (Å²) in [6.07, 6.45) is 0.996. The van der Waals surface area contributed by atoms with Gasteiger partial charge in [0.25, 0.3) is 11.8 Å².